The van der Waals surface area contributed by atoms with Gasteiger partial charge < -0.3 is 9.80 Å². The quantitative estimate of drug-likeness (QED) is 0.167. The van der Waals surface area contributed by atoms with Crippen molar-refractivity contribution < 1.29 is 0 Å². The molecule has 0 saturated heterocycles. The Hall–Kier alpha value is -4.08. The minimum Gasteiger partial charge on any atom is -0.311 e. The first kappa shape index (κ1) is 51.4. The van der Waals surface area contributed by atoms with Crippen molar-refractivity contribution in [2.75, 3.05) is 9.80 Å². The van der Waals surface area contributed by atoms with Crippen LogP contribution in [0.1, 0.15) is 229 Å². The number of thiophene rings is 1. The summed E-state index contributed by atoms with van der Waals surface area (Å²) in [4.78, 5) is 5.35. The highest BCUT2D eigenvalue weighted by molar-refractivity contribution is 7.17. The Morgan fingerprint density at radius 1 is 0.458 bits per heavy atom. The zero-order valence-corrected chi connectivity index (χ0v) is 49.5. The second kappa shape index (κ2) is 16.2. The first-order chi connectivity index (χ1) is 33.1. The Morgan fingerprint density at radius 3 is 1.40 bits per heavy atom. The lowest BCUT2D eigenvalue weighted by Crippen LogP contribution is -2.51. The third-order valence-corrected chi connectivity index (χ3v) is 21.7. The number of allylic oxidation sites excluding steroid dienone is 3. The van der Waals surface area contributed by atoms with Crippen LogP contribution in [-0.2, 0) is 37.9 Å². The first-order valence-corrected chi connectivity index (χ1v) is 29.0. The molecule has 0 N–H and O–H groups in total. The predicted molar refractivity (Wildman–Crippen MR) is 315 cm³/mol. The molecule has 0 spiro atoms. The van der Waals surface area contributed by atoms with Gasteiger partial charge in [0.2, 0.25) is 0 Å². The summed E-state index contributed by atoms with van der Waals surface area (Å²) in [6.45, 7) is 49.5. The number of hydrogen-bond acceptors (Lipinski definition) is 3. The van der Waals surface area contributed by atoms with Crippen molar-refractivity contribution in [1.82, 2.24) is 0 Å². The van der Waals surface area contributed by atoms with Gasteiger partial charge in [0.15, 0.2) is 0 Å². The maximum atomic E-state index is 2.71. The average Bonchev–Trinajstić information content (AvgIpc) is 3.70. The third kappa shape index (κ3) is 8.21. The first-order valence-electron chi connectivity index (χ1n) is 28.1. The molecule has 0 amide bonds. The summed E-state index contributed by atoms with van der Waals surface area (Å²) in [5.74, 6) is 0.381. The van der Waals surface area contributed by atoms with Gasteiger partial charge in [-0.2, -0.15) is 0 Å². The van der Waals surface area contributed by atoms with Crippen LogP contribution in [0.5, 0.6) is 0 Å². The van der Waals surface area contributed by atoms with Gasteiger partial charge in [-0.15, -0.1) is 11.3 Å². The van der Waals surface area contributed by atoms with Crippen LogP contribution in [0.2, 0.25) is 0 Å². The predicted octanol–water partition coefficient (Wildman–Crippen LogP) is 20.8. The van der Waals surface area contributed by atoms with E-state index < -0.39 is 0 Å². The van der Waals surface area contributed by atoms with Gasteiger partial charge in [0.1, 0.15) is 0 Å². The van der Waals surface area contributed by atoms with Gasteiger partial charge in [-0.3, -0.25) is 0 Å². The molecule has 5 aliphatic rings. The molecule has 72 heavy (non-hydrogen) atoms. The zero-order valence-electron chi connectivity index (χ0n) is 48.7. The molecule has 3 heteroatoms. The van der Waals surface area contributed by atoms with Crippen molar-refractivity contribution in [3.05, 3.63) is 135 Å². The number of rotatable bonds is 6. The fourth-order valence-electron chi connectivity index (χ4n) is 14.5. The summed E-state index contributed by atoms with van der Waals surface area (Å²) in [6.07, 6.45) is 17.5. The van der Waals surface area contributed by atoms with Crippen molar-refractivity contribution in [2.24, 2.45) is 22.2 Å². The van der Waals surface area contributed by atoms with Gasteiger partial charge in [0.05, 0.1) is 5.69 Å². The molecular weight excluding hydrogens is 889 g/mol. The van der Waals surface area contributed by atoms with E-state index in [0.717, 1.165) is 0 Å². The second-order valence-corrected chi connectivity index (χ2v) is 31.4. The fourth-order valence-corrected chi connectivity index (χ4v) is 15.4. The molecule has 2 atom stereocenters. The molecule has 384 valence electrons. The SMILES string of the molecule is CC(C)(C)c1cc(N(C2=CC3C(C)(C)CCC(C)(C)C3(C)C=C2)c2ccc3c(c2)C(C)(C)CCC3(C)C)cc(N(c2ccc3c(c2)C(C)(C)CCC3(C)C)c2csc3cc4c(cc23)C(C)(C)CCC4(C)C)c1. The Labute approximate surface area is 442 Å². The monoisotopic (exact) mass is 981 g/mol. The lowest BCUT2D eigenvalue weighted by Gasteiger charge is -2.59. The smallest absolute Gasteiger partial charge is 0.0647 e. The molecular formula is C69H92N2S. The Bertz CT molecular complexity index is 3050. The average molecular weight is 982 g/mol. The van der Waals surface area contributed by atoms with Crippen molar-refractivity contribution >= 4 is 49.9 Å². The number of hydrogen-bond donors (Lipinski definition) is 0. The molecule has 10 rings (SSSR count). The van der Waals surface area contributed by atoms with E-state index in [0.29, 0.717) is 5.92 Å². The number of anilines is 5. The highest BCUT2D eigenvalue weighted by Crippen LogP contribution is 2.63. The van der Waals surface area contributed by atoms with Crippen LogP contribution in [0.25, 0.3) is 10.1 Å². The van der Waals surface area contributed by atoms with Crippen LogP contribution in [0.15, 0.2) is 96.0 Å². The van der Waals surface area contributed by atoms with E-state index in [1.54, 1.807) is 0 Å². The van der Waals surface area contributed by atoms with Gasteiger partial charge in [-0.1, -0.05) is 163 Å². The second-order valence-electron chi connectivity index (χ2n) is 30.5. The van der Waals surface area contributed by atoms with Crippen molar-refractivity contribution in [3.8, 4) is 0 Å². The van der Waals surface area contributed by atoms with Gasteiger partial charge in [0, 0.05) is 43.9 Å². The Kier molecular flexibility index (Phi) is 11.6. The molecule has 1 saturated carbocycles. The van der Waals surface area contributed by atoms with E-state index in [-0.39, 0.29) is 54.1 Å². The minimum atomic E-state index is -0.123. The summed E-state index contributed by atoms with van der Waals surface area (Å²) >= 11 is 1.93. The molecule has 0 aliphatic heterocycles. The van der Waals surface area contributed by atoms with Crippen LogP contribution >= 0.6 is 11.3 Å². The van der Waals surface area contributed by atoms with Gasteiger partial charge in [-0.25, -0.2) is 0 Å². The fraction of sp³-hybridized carbons (Fsp3) is 0.565. The van der Waals surface area contributed by atoms with Crippen molar-refractivity contribution in [3.63, 3.8) is 0 Å². The van der Waals surface area contributed by atoms with Gasteiger partial charge in [0.25, 0.3) is 0 Å². The molecule has 1 heterocycles. The highest BCUT2D eigenvalue weighted by atomic mass is 32.1. The molecule has 5 aliphatic carbocycles. The van der Waals surface area contributed by atoms with Crippen molar-refractivity contribution in [2.45, 2.75) is 228 Å². The maximum absolute atomic E-state index is 2.71. The third-order valence-electron chi connectivity index (χ3n) is 20.8. The highest BCUT2D eigenvalue weighted by Gasteiger charge is 2.55. The number of nitrogens with zero attached hydrogens (tertiary/aromatic N) is 2. The van der Waals surface area contributed by atoms with E-state index in [2.05, 4.69) is 239 Å². The van der Waals surface area contributed by atoms with Gasteiger partial charge in [-0.05, 0) is 211 Å². The van der Waals surface area contributed by atoms with E-state index in [9.17, 15) is 0 Å². The van der Waals surface area contributed by atoms with E-state index in [1.165, 1.54) is 135 Å². The molecule has 0 bridgehead atoms. The van der Waals surface area contributed by atoms with Crippen LogP contribution in [-0.4, -0.2) is 0 Å². The van der Waals surface area contributed by atoms with E-state index >= 15 is 0 Å². The summed E-state index contributed by atoms with van der Waals surface area (Å²) < 4.78 is 1.38. The van der Waals surface area contributed by atoms with Crippen molar-refractivity contribution in [1.29, 1.82) is 0 Å². The number of benzene rings is 4. The maximum Gasteiger partial charge on any atom is 0.0647 e. The molecule has 0 radical (unpaired) electrons. The van der Waals surface area contributed by atoms with Crippen LogP contribution in [0.4, 0.5) is 28.4 Å². The molecule has 2 unspecified atom stereocenters. The zero-order chi connectivity index (χ0) is 52.4. The van der Waals surface area contributed by atoms with Crippen LogP contribution in [0, 0.1) is 22.2 Å². The number of fused-ring (bicyclic) bond motifs is 5. The normalized spacial score (nSPS) is 25.6. The molecule has 4 aromatic carbocycles. The molecule has 5 aromatic rings. The summed E-state index contributed by atoms with van der Waals surface area (Å²) in [7, 11) is 0. The Morgan fingerprint density at radius 2 is 0.903 bits per heavy atom. The van der Waals surface area contributed by atoms with E-state index in [1.807, 2.05) is 11.3 Å². The lowest BCUT2D eigenvalue weighted by molar-refractivity contribution is -0.0395. The summed E-state index contributed by atoms with van der Waals surface area (Å²) in [5.41, 5.74) is 18.8. The molecule has 2 nitrogen and oxygen atoms in total. The lowest BCUT2D eigenvalue weighted by atomic mass is 9.46. The van der Waals surface area contributed by atoms with Gasteiger partial charge >= 0.3 is 0 Å². The van der Waals surface area contributed by atoms with Crippen LogP contribution < -0.4 is 9.80 Å². The standard InChI is InChI=1S/C69H92N2S/c1-60(2,3)44-35-48(70(45-21-23-51-53(38-45)63(8,9)29-27-61(51,4)5)47-25-26-69(20)59(40-47)67(16,17)33-34-68(69,18)19)37-49(36-44)71(46-22-24-52-54(39-46)64(10,11)30-28-62(52,6)7)57-43-72-58-42-56-55(41-50(57)58)65(12,13)31-32-66(56,14)15/h21-26,35-43,59H,27-34H2,1-20H3. The topological polar surface area (TPSA) is 6.48 Å². The minimum absolute atomic E-state index is 0.0404. The summed E-state index contributed by atoms with van der Waals surface area (Å²) in [5, 5.41) is 3.85. The summed E-state index contributed by atoms with van der Waals surface area (Å²) in [6, 6.07) is 28.0. The molecule has 1 aromatic heterocycles. The molecule has 1 fully saturated rings. The largest absolute Gasteiger partial charge is 0.311 e. The Balaban J connectivity index is 1.27. The van der Waals surface area contributed by atoms with Crippen LogP contribution in [0.3, 0.4) is 0 Å². The van der Waals surface area contributed by atoms with E-state index in [4.69, 9.17) is 0 Å².